The molecule has 0 fully saturated rings. The van der Waals surface area contributed by atoms with Gasteiger partial charge in [0.15, 0.2) is 0 Å². The van der Waals surface area contributed by atoms with Gasteiger partial charge in [0.1, 0.15) is 0 Å². The van der Waals surface area contributed by atoms with Gasteiger partial charge < -0.3 is 5.32 Å². The van der Waals surface area contributed by atoms with Gasteiger partial charge in [0, 0.05) is 6.07 Å². The molecule has 0 saturated heterocycles. The van der Waals surface area contributed by atoms with Crippen LogP contribution in [-0.4, -0.2) is 12.4 Å². The maximum Gasteiger partial charge on any atom is 0.325 e. The van der Waals surface area contributed by atoms with Crippen molar-refractivity contribution in [3.8, 4) is 0 Å². The van der Waals surface area contributed by atoms with Crippen LogP contribution in [-0.2, 0) is 4.79 Å². The van der Waals surface area contributed by atoms with Gasteiger partial charge in [-0.25, -0.2) is 4.79 Å². The lowest BCUT2D eigenvalue weighted by Crippen LogP contribution is -2.27. The van der Waals surface area contributed by atoms with Crippen LogP contribution in [0.4, 0.5) is 10.5 Å². The van der Waals surface area contributed by atoms with E-state index < -0.39 is 6.03 Å². The maximum atomic E-state index is 10.7. The van der Waals surface area contributed by atoms with Crippen molar-refractivity contribution in [2.75, 3.05) is 5.32 Å². The zero-order valence-corrected chi connectivity index (χ0v) is 6.13. The van der Waals surface area contributed by atoms with Gasteiger partial charge >= 0.3 is 6.03 Å². The summed E-state index contributed by atoms with van der Waals surface area (Å²) in [6, 6.07) is 9.71. The third kappa shape index (κ3) is 2.42. The number of anilines is 1. The molecule has 0 saturated carbocycles. The van der Waals surface area contributed by atoms with Crippen molar-refractivity contribution in [3.05, 3.63) is 30.3 Å². The van der Waals surface area contributed by atoms with Crippen molar-refractivity contribution in [2.24, 2.45) is 0 Å². The molecule has 1 aromatic carbocycles. The second kappa shape index (κ2) is 4.12. The highest BCUT2D eigenvalue weighted by molar-refractivity contribution is 5.95. The van der Waals surface area contributed by atoms with E-state index in [0.717, 1.165) is 0 Å². The van der Waals surface area contributed by atoms with Gasteiger partial charge in [-0.05, 0) is 12.1 Å². The van der Waals surface area contributed by atoms with E-state index in [4.69, 9.17) is 0 Å². The van der Waals surface area contributed by atoms with Gasteiger partial charge in [-0.3, -0.25) is 10.1 Å². The number of carbonyl (C=O) groups excluding carboxylic acids is 2. The summed E-state index contributed by atoms with van der Waals surface area (Å²) >= 11 is 0. The molecular formula is C8H6N2O2. The van der Waals surface area contributed by atoms with Crippen LogP contribution in [0, 0.1) is 12.1 Å². The van der Waals surface area contributed by atoms with E-state index in [0.29, 0.717) is 12.1 Å². The number of benzene rings is 1. The summed E-state index contributed by atoms with van der Waals surface area (Å²) in [4.78, 5) is 20.5. The minimum atomic E-state index is -0.583. The summed E-state index contributed by atoms with van der Waals surface area (Å²) in [5.74, 6) is 0. The second-order valence-corrected chi connectivity index (χ2v) is 1.92. The van der Waals surface area contributed by atoms with Crippen LogP contribution in [0.25, 0.3) is 0 Å². The maximum absolute atomic E-state index is 10.7. The average Bonchev–Trinajstić information content (AvgIpc) is 2.06. The Bertz CT molecular complexity index is 272. The van der Waals surface area contributed by atoms with Crippen molar-refractivity contribution in [1.82, 2.24) is 5.32 Å². The number of carbonyl (C=O) groups is 2. The van der Waals surface area contributed by atoms with E-state index in [9.17, 15) is 9.59 Å². The molecule has 0 atom stereocenters. The van der Waals surface area contributed by atoms with Crippen LogP contribution in [0.2, 0.25) is 0 Å². The van der Waals surface area contributed by atoms with Gasteiger partial charge in [-0.15, -0.1) is 0 Å². The predicted octanol–water partition coefficient (Wildman–Crippen LogP) is 0.565. The van der Waals surface area contributed by atoms with Crippen LogP contribution in [0.5, 0.6) is 0 Å². The van der Waals surface area contributed by atoms with E-state index in [1.807, 2.05) is 5.32 Å². The standard InChI is InChI=1S/C8H6N2O2/c11-6-9-8(12)10-7-4-2-1-3-5-7/h1-2,5-6H,(H2,9,10,11,12). The Morgan fingerprint density at radius 3 is 2.92 bits per heavy atom. The molecular weight excluding hydrogens is 156 g/mol. The normalized spacial score (nSPS) is 8.67. The number of hydrogen-bond donors (Lipinski definition) is 2. The van der Waals surface area contributed by atoms with Gasteiger partial charge in [-0.2, -0.15) is 0 Å². The Balaban J connectivity index is 2.52. The molecule has 0 aromatic heterocycles. The van der Waals surface area contributed by atoms with Crippen molar-refractivity contribution in [1.29, 1.82) is 0 Å². The molecule has 0 unspecified atom stereocenters. The Hall–Kier alpha value is -1.84. The molecule has 3 amide bonds. The van der Waals surface area contributed by atoms with Crippen LogP contribution in [0.1, 0.15) is 0 Å². The summed E-state index contributed by atoms with van der Waals surface area (Å²) in [6.07, 6.45) is 0.308. The molecule has 0 aliphatic rings. The fourth-order valence-corrected chi connectivity index (χ4v) is 0.637. The highest BCUT2D eigenvalue weighted by Crippen LogP contribution is 2.01. The molecule has 4 heteroatoms. The first-order chi connectivity index (χ1) is 5.83. The van der Waals surface area contributed by atoms with Gasteiger partial charge in [0.2, 0.25) is 6.41 Å². The number of hydrogen-bond acceptors (Lipinski definition) is 2. The fourth-order valence-electron chi connectivity index (χ4n) is 0.637. The average molecular weight is 162 g/mol. The van der Waals surface area contributed by atoms with E-state index in [-0.39, 0.29) is 0 Å². The predicted molar refractivity (Wildman–Crippen MR) is 42.3 cm³/mol. The van der Waals surface area contributed by atoms with Crippen molar-refractivity contribution < 1.29 is 9.59 Å². The van der Waals surface area contributed by atoms with E-state index in [1.165, 1.54) is 0 Å². The Morgan fingerprint density at radius 1 is 1.50 bits per heavy atom. The van der Waals surface area contributed by atoms with E-state index in [1.54, 1.807) is 18.2 Å². The molecule has 12 heavy (non-hydrogen) atoms. The SMILES string of the molecule is O=CNC(=O)Nc1[c]cc[c]c1. The molecule has 0 spiro atoms. The lowest BCUT2D eigenvalue weighted by Gasteiger charge is -2.00. The van der Waals surface area contributed by atoms with Crippen LogP contribution in [0.3, 0.4) is 0 Å². The minimum Gasteiger partial charge on any atom is -0.307 e. The first-order valence-electron chi connectivity index (χ1n) is 3.22. The van der Waals surface area contributed by atoms with E-state index >= 15 is 0 Å². The first-order valence-corrected chi connectivity index (χ1v) is 3.22. The number of amides is 3. The van der Waals surface area contributed by atoms with Crippen molar-refractivity contribution in [3.63, 3.8) is 0 Å². The van der Waals surface area contributed by atoms with E-state index in [2.05, 4.69) is 17.4 Å². The topological polar surface area (TPSA) is 58.2 Å². The summed E-state index contributed by atoms with van der Waals surface area (Å²) in [5, 5.41) is 4.30. The Labute approximate surface area is 69.6 Å². The Morgan fingerprint density at radius 2 is 2.33 bits per heavy atom. The molecule has 2 N–H and O–H groups in total. The third-order valence-electron chi connectivity index (χ3n) is 1.08. The number of imide groups is 1. The second-order valence-electron chi connectivity index (χ2n) is 1.92. The van der Waals surface area contributed by atoms with Crippen LogP contribution in [0.15, 0.2) is 18.2 Å². The van der Waals surface area contributed by atoms with Crippen molar-refractivity contribution in [2.45, 2.75) is 0 Å². The Kier molecular flexibility index (Phi) is 2.84. The van der Waals surface area contributed by atoms with Gasteiger partial charge in [0.25, 0.3) is 0 Å². The van der Waals surface area contributed by atoms with Gasteiger partial charge in [-0.1, -0.05) is 12.1 Å². The lowest BCUT2D eigenvalue weighted by molar-refractivity contribution is -0.108. The summed E-state index contributed by atoms with van der Waals surface area (Å²) in [6.45, 7) is 0. The molecule has 0 aliphatic heterocycles. The monoisotopic (exact) mass is 162 g/mol. The van der Waals surface area contributed by atoms with Crippen LogP contribution < -0.4 is 10.6 Å². The summed E-state index contributed by atoms with van der Waals surface area (Å²) in [7, 11) is 0. The molecule has 0 heterocycles. The summed E-state index contributed by atoms with van der Waals surface area (Å²) in [5.41, 5.74) is 0.469. The lowest BCUT2D eigenvalue weighted by atomic mass is 10.3. The third-order valence-corrected chi connectivity index (χ3v) is 1.08. The number of urea groups is 1. The highest BCUT2D eigenvalue weighted by atomic mass is 16.2. The summed E-state index contributed by atoms with van der Waals surface area (Å²) < 4.78 is 0. The zero-order valence-electron chi connectivity index (χ0n) is 6.13. The first kappa shape index (κ1) is 8.26. The number of rotatable bonds is 2. The molecule has 1 rings (SSSR count). The highest BCUT2D eigenvalue weighted by Gasteiger charge is 1.97. The van der Waals surface area contributed by atoms with Crippen LogP contribution >= 0.6 is 0 Å². The molecule has 0 bridgehead atoms. The van der Waals surface area contributed by atoms with Gasteiger partial charge in [0.05, 0.1) is 5.69 Å². The molecule has 0 aliphatic carbocycles. The molecule has 4 nitrogen and oxygen atoms in total. The largest absolute Gasteiger partial charge is 0.325 e. The van der Waals surface area contributed by atoms with Crippen molar-refractivity contribution >= 4 is 18.1 Å². The molecule has 2 radical (unpaired) electrons. The molecule has 60 valence electrons. The fraction of sp³-hybridized carbons (Fsp3) is 0. The number of nitrogens with one attached hydrogen (secondary N) is 2. The quantitative estimate of drug-likeness (QED) is 0.624. The smallest absolute Gasteiger partial charge is 0.307 e. The minimum absolute atomic E-state index is 0.308. The zero-order chi connectivity index (χ0) is 8.81. The molecule has 1 aromatic rings.